The van der Waals surface area contributed by atoms with Gasteiger partial charge in [0.15, 0.2) is 6.61 Å². The predicted octanol–water partition coefficient (Wildman–Crippen LogP) is 2.81. The van der Waals surface area contributed by atoms with Gasteiger partial charge in [0.05, 0.1) is 0 Å². The molecule has 0 spiro atoms. The van der Waals surface area contributed by atoms with Gasteiger partial charge in [0, 0.05) is 6.08 Å². The number of hydrogen-bond acceptors (Lipinski definition) is 4. The molecule has 2 atom stereocenters. The number of halogens is 3. The Morgan fingerprint density at radius 3 is 2.17 bits per heavy atom. The quantitative estimate of drug-likeness (QED) is 0.348. The van der Waals surface area contributed by atoms with Gasteiger partial charge in [-0.05, 0) is 17.5 Å². The lowest BCUT2D eigenvalue weighted by Crippen LogP contribution is -2.36. The summed E-state index contributed by atoms with van der Waals surface area (Å²) in [6.07, 6.45) is -6.83. The second-order valence-corrected chi connectivity index (χ2v) is 12.1. The molecule has 0 fully saturated rings. The number of rotatable bonds is 4. The molecule has 8 heteroatoms. The fourth-order valence-corrected chi connectivity index (χ4v) is 2.12. The van der Waals surface area contributed by atoms with Gasteiger partial charge in [0.25, 0.3) is 0 Å². The SMILES string of the molecule is C/C(=C\C(=O)OCC(F)(F)F)[C@H](O)[C@@H](O)C#C[Si](C)(C)C(C)(C)C. The van der Waals surface area contributed by atoms with E-state index < -0.39 is 39.0 Å². The topological polar surface area (TPSA) is 66.8 Å². The van der Waals surface area contributed by atoms with Gasteiger partial charge in [-0.1, -0.05) is 39.8 Å². The molecular weight excluding hydrogens is 341 g/mol. The van der Waals surface area contributed by atoms with Crippen LogP contribution in [-0.4, -0.2) is 49.2 Å². The minimum atomic E-state index is -4.62. The number of carbonyl (C=O) groups excluding carboxylic acids is 1. The van der Waals surface area contributed by atoms with Crippen LogP contribution in [0.3, 0.4) is 0 Å². The summed E-state index contributed by atoms with van der Waals surface area (Å²) in [7, 11) is -1.98. The smallest absolute Gasteiger partial charge is 0.422 e. The number of hydrogen-bond donors (Lipinski definition) is 2. The third kappa shape index (κ3) is 7.99. The van der Waals surface area contributed by atoms with Gasteiger partial charge in [-0.25, -0.2) is 4.79 Å². The maximum Gasteiger partial charge on any atom is 0.422 e. The van der Waals surface area contributed by atoms with Crippen LogP contribution < -0.4 is 0 Å². The molecule has 0 rings (SSSR count). The minimum absolute atomic E-state index is 0.0285. The molecule has 0 aromatic heterocycles. The number of esters is 1. The van der Waals surface area contributed by atoms with Gasteiger partial charge in [-0.2, -0.15) is 13.2 Å². The van der Waals surface area contributed by atoms with Gasteiger partial charge < -0.3 is 14.9 Å². The Morgan fingerprint density at radius 2 is 1.75 bits per heavy atom. The van der Waals surface area contributed by atoms with Crippen LogP contribution in [0, 0.1) is 11.5 Å². The zero-order valence-corrected chi connectivity index (χ0v) is 15.8. The number of alkyl halides is 3. The van der Waals surface area contributed by atoms with Crippen molar-refractivity contribution in [2.75, 3.05) is 6.61 Å². The average molecular weight is 366 g/mol. The van der Waals surface area contributed by atoms with E-state index in [0.717, 1.165) is 0 Å². The predicted molar refractivity (Wildman–Crippen MR) is 87.8 cm³/mol. The lowest BCUT2D eigenvalue weighted by atomic mass is 10.1. The molecule has 24 heavy (non-hydrogen) atoms. The molecule has 2 N–H and O–H groups in total. The van der Waals surface area contributed by atoms with E-state index in [-0.39, 0.29) is 10.6 Å². The van der Waals surface area contributed by atoms with Crippen LogP contribution in [0.5, 0.6) is 0 Å². The monoisotopic (exact) mass is 366 g/mol. The minimum Gasteiger partial charge on any atom is -0.453 e. The van der Waals surface area contributed by atoms with Gasteiger partial charge in [0.2, 0.25) is 0 Å². The molecule has 0 aromatic carbocycles. The molecule has 0 aliphatic rings. The highest BCUT2D eigenvalue weighted by Crippen LogP contribution is 2.35. The third-order valence-corrected chi connectivity index (χ3v) is 8.42. The summed E-state index contributed by atoms with van der Waals surface area (Å²) >= 11 is 0. The van der Waals surface area contributed by atoms with E-state index in [2.05, 4.69) is 16.2 Å². The van der Waals surface area contributed by atoms with Crippen molar-refractivity contribution in [1.29, 1.82) is 0 Å². The molecule has 0 saturated carbocycles. The number of carbonyl (C=O) groups is 1. The summed E-state index contributed by atoms with van der Waals surface area (Å²) in [6.45, 7) is 9.76. The largest absolute Gasteiger partial charge is 0.453 e. The fraction of sp³-hybridized carbons (Fsp3) is 0.688. The molecule has 0 unspecified atom stereocenters. The maximum absolute atomic E-state index is 11.9. The number of ether oxygens (including phenoxy) is 1. The zero-order chi connectivity index (χ0) is 19.3. The maximum atomic E-state index is 11.9. The van der Waals surface area contributed by atoms with Gasteiger partial charge in [0.1, 0.15) is 20.3 Å². The molecule has 0 aliphatic heterocycles. The van der Waals surface area contributed by atoms with Crippen LogP contribution in [0.4, 0.5) is 13.2 Å². The third-order valence-electron chi connectivity index (χ3n) is 3.90. The fourth-order valence-electron chi connectivity index (χ4n) is 1.24. The van der Waals surface area contributed by atoms with Crippen LogP contribution in [0.2, 0.25) is 18.1 Å². The molecule has 0 radical (unpaired) electrons. The highest BCUT2D eigenvalue weighted by molar-refractivity contribution is 6.87. The Labute approximate surface area is 141 Å². The zero-order valence-electron chi connectivity index (χ0n) is 14.8. The summed E-state index contributed by atoms with van der Waals surface area (Å²) in [5.41, 5.74) is 2.99. The Hall–Kier alpha value is -1.30. The first-order valence-electron chi connectivity index (χ1n) is 7.37. The second kappa shape index (κ2) is 8.19. The molecule has 0 saturated heterocycles. The van der Waals surface area contributed by atoms with E-state index in [1.165, 1.54) is 6.92 Å². The first kappa shape index (κ1) is 22.7. The van der Waals surface area contributed by atoms with Crippen molar-refractivity contribution >= 4 is 14.0 Å². The van der Waals surface area contributed by atoms with Crippen molar-refractivity contribution in [2.24, 2.45) is 0 Å². The van der Waals surface area contributed by atoms with Gasteiger partial charge in [-0.3, -0.25) is 0 Å². The van der Waals surface area contributed by atoms with Crippen molar-refractivity contribution in [2.45, 2.75) is 64.2 Å². The second-order valence-electron chi connectivity index (χ2n) is 7.15. The van der Waals surface area contributed by atoms with Crippen molar-refractivity contribution < 1.29 is 32.9 Å². The lowest BCUT2D eigenvalue weighted by molar-refractivity contribution is -0.182. The summed E-state index contributed by atoms with van der Waals surface area (Å²) in [5, 5.41) is 19.8. The Morgan fingerprint density at radius 1 is 1.25 bits per heavy atom. The van der Waals surface area contributed by atoms with E-state index in [1.54, 1.807) is 0 Å². The molecule has 0 amide bonds. The van der Waals surface area contributed by atoms with Gasteiger partial charge >= 0.3 is 12.1 Å². The van der Waals surface area contributed by atoms with Crippen molar-refractivity contribution in [1.82, 2.24) is 0 Å². The van der Waals surface area contributed by atoms with Gasteiger partial charge in [-0.15, -0.1) is 5.54 Å². The normalized spacial score (nSPS) is 16.0. The van der Waals surface area contributed by atoms with Crippen LogP contribution >= 0.6 is 0 Å². The Kier molecular flexibility index (Phi) is 7.74. The van der Waals surface area contributed by atoms with E-state index >= 15 is 0 Å². The molecule has 4 nitrogen and oxygen atoms in total. The van der Waals surface area contributed by atoms with Crippen molar-refractivity contribution in [3.8, 4) is 11.5 Å². The summed E-state index contributed by atoms with van der Waals surface area (Å²) in [6, 6.07) is 0. The van der Waals surface area contributed by atoms with Crippen LogP contribution in [0.15, 0.2) is 11.6 Å². The number of aliphatic hydroxyl groups excluding tert-OH is 2. The van der Waals surface area contributed by atoms with E-state index in [1.807, 2.05) is 33.9 Å². The summed E-state index contributed by atoms with van der Waals surface area (Å²) in [5.74, 6) is 1.34. The molecule has 0 heterocycles. The molecule has 138 valence electrons. The van der Waals surface area contributed by atoms with E-state index in [4.69, 9.17) is 0 Å². The average Bonchev–Trinajstić information content (AvgIpc) is 2.39. The molecule has 0 bridgehead atoms. The molecular formula is C16H25F3O4Si. The summed E-state index contributed by atoms with van der Waals surface area (Å²) < 4.78 is 39.8. The van der Waals surface area contributed by atoms with Crippen LogP contribution in [0.25, 0.3) is 0 Å². The molecule has 0 aromatic rings. The Balaban J connectivity index is 4.94. The Bertz CT molecular complexity index is 536. The standard InChI is InChI=1S/C16H25F3O4Si/c1-11(9-13(21)23-10-16(17,18)19)14(22)12(20)7-8-24(5,6)15(2,3)4/h9,12,14,20,22H,10H2,1-6H3/b11-9+/t12-,14-/m0/s1. The first-order chi connectivity index (χ1) is 10.6. The van der Waals surface area contributed by atoms with E-state index in [9.17, 15) is 28.2 Å². The number of aliphatic hydroxyl groups is 2. The highest BCUT2D eigenvalue weighted by atomic mass is 28.3. The van der Waals surface area contributed by atoms with Crippen molar-refractivity contribution in [3.63, 3.8) is 0 Å². The van der Waals surface area contributed by atoms with Crippen molar-refractivity contribution in [3.05, 3.63) is 11.6 Å². The van der Waals surface area contributed by atoms with E-state index in [0.29, 0.717) is 6.08 Å². The van der Waals surface area contributed by atoms with Crippen LogP contribution in [-0.2, 0) is 9.53 Å². The first-order valence-corrected chi connectivity index (χ1v) is 10.4. The highest BCUT2D eigenvalue weighted by Gasteiger charge is 2.34. The van der Waals surface area contributed by atoms with Crippen LogP contribution in [0.1, 0.15) is 27.7 Å². The summed E-state index contributed by atoms with van der Waals surface area (Å²) in [4.78, 5) is 11.3. The lowest BCUT2D eigenvalue weighted by Gasteiger charge is -2.31. The molecule has 0 aliphatic carbocycles.